The molecule has 5 heteroatoms. The molecule has 1 fully saturated rings. The minimum Gasteiger partial charge on any atom is -0.492 e. The van der Waals surface area contributed by atoms with E-state index in [0.29, 0.717) is 12.4 Å². The van der Waals surface area contributed by atoms with E-state index in [1.165, 1.54) is 18.6 Å². The topological polar surface area (TPSA) is 9.23 Å². The van der Waals surface area contributed by atoms with Crippen molar-refractivity contribution in [2.45, 2.75) is 38.3 Å². The van der Waals surface area contributed by atoms with Gasteiger partial charge in [0.1, 0.15) is 5.75 Å². The Bertz CT molecular complexity index is 439. The number of ether oxygens (including phenoxy) is 1. The number of alkyl halides is 3. The summed E-state index contributed by atoms with van der Waals surface area (Å²) in [5.41, 5.74) is -0.787. The number of thiol groups is 1. The molecule has 0 atom stereocenters. The van der Waals surface area contributed by atoms with Crippen molar-refractivity contribution in [1.82, 2.24) is 0 Å². The van der Waals surface area contributed by atoms with Gasteiger partial charge in [-0.2, -0.15) is 25.8 Å². The summed E-state index contributed by atoms with van der Waals surface area (Å²) in [5.74, 6) is 0.577. The lowest BCUT2D eigenvalue weighted by molar-refractivity contribution is -0.139. The molecular formula is C15H19F3OS. The van der Waals surface area contributed by atoms with Crippen LogP contribution in [0.15, 0.2) is 24.3 Å². The fraction of sp³-hybridized carbons (Fsp3) is 0.600. The lowest BCUT2D eigenvalue weighted by Gasteiger charge is -2.35. The van der Waals surface area contributed by atoms with Gasteiger partial charge in [0.05, 0.1) is 12.2 Å². The molecule has 0 bridgehead atoms. The maximum Gasteiger partial charge on any atom is 0.419 e. The van der Waals surface area contributed by atoms with Gasteiger partial charge in [0.25, 0.3) is 0 Å². The largest absolute Gasteiger partial charge is 0.492 e. The average molecular weight is 304 g/mol. The third kappa shape index (κ3) is 3.62. The SMILES string of the molecule is FC(F)(F)c1ccccc1OCC1(CS)CCCCC1. The highest BCUT2D eigenvalue weighted by Crippen LogP contribution is 2.40. The average Bonchev–Trinajstić information content (AvgIpc) is 2.45. The number of rotatable bonds is 4. The molecule has 2 rings (SSSR count). The van der Waals surface area contributed by atoms with E-state index in [4.69, 9.17) is 4.74 Å². The predicted molar refractivity (Wildman–Crippen MR) is 76.3 cm³/mol. The molecule has 0 radical (unpaired) electrons. The van der Waals surface area contributed by atoms with E-state index in [1.54, 1.807) is 6.07 Å². The van der Waals surface area contributed by atoms with Crippen molar-refractivity contribution >= 4 is 12.6 Å². The first-order chi connectivity index (χ1) is 9.47. The van der Waals surface area contributed by atoms with Gasteiger partial charge < -0.3 is 4.74 Å². The van der Waals surface area contributed by atoms with Gasteiger partial charge in [-0.3, -0.25) is 0 Å². The van der Waals surface area contributed by atoms with Crippen molar-refractivity contribution < 1.29 is 17.9 Å². The summed E-state index contributed by atoms with van der Waals surface area (Å²) < 4.78 is 44.2. The summed E-state index contributed by atoms with van der Waals surface area (Å²) in [5, 5.41) is 0. The molecule has 1 nitrogen and oxygen atoms in total. The van der Waals surface area contributed by atoms with E-state index in [2.05, 4.69) is 12.6 Å². The van der Waals surface area contributed by atoms with Gasteiger partial charge in [-0.05, 0) is 30.7 Å². The third-order valence-electron chi connectivity index (χ3n) is 3.98. The first kappa shape index (κ1) is 15.5. The monoisotopic (exact) mass is 304 g/mol. The zero-order valence-electron chi connectivity index (χ0n) is 11.2. The highest BCUT2D eigenvalue weighted by molar-refractivity contribution is 7.80. The van der Waals surface area contributed by atoms with Crippen molar-refractivity contribution in [3.8, 4) is 5.75 Å². The molecule has 1 saturated carbocycles. The summed E-state index contributed by atoms with van der Waals surface area (Å²) in [7, 11) is 0. The molecule has 0 saturated heterocycles. The molecule has 0 heterocycles. The van der Waals surface area contributed by atoms with Crippen molar-refractivity contribution in [3.05, 3.63) is 29.8 Å². The number of benzene rings is 1. The molecule has 0 spiro atoms. The van der Waals surface area contributed by atoms with Crippen LogP contribution in [-0.4, -0.2) is 12.4 Å². The zero-order chi connectivity index (χ0) is 14.6. The highest BCUT2D eigenvalue weighted by atomic mass is 32.1. The molecule has 0 N–H and O–H groups in total. The quantitative estimate of drug-likeness (QED) is 0.773. The van der Waals surface area contributed by atoms with Crippen molar-refractivity contribution in [1.29, 1.82) is 0 Å². The lowest BCUT2D eigenvalue weighted by atomic mass is 9.76. The normalized spacial score (nSPS) is 18.8. The van der Waals surface area contributed by atoms with E-state index < -0.39 is 11.7 Å². The summed E-state index contributed by atoms with van der Waals surface area (Å²) in [4.78, 5) is 0. The van der Waals surface area contributed by atoms with E-state index in [-0.39, 0.29) is 11.2 Å². The molecule has 0 aromatic heterocycles. The third-order valence-corrected chi connectivity index (χ3v) is 4.65. The van der Waals surface area contributed by atoms with Crippen LogP contribution in [0.3, 0.4) is 0 Å². The molecule has 1 aromatic carbocycles. The Morgan fingerprint density at radius 3 is 2.35 bits per heavy atom. The van der Waals surface area contributed by atoms with Crippen LogP contribution in [0.25, 0.3) is 0 Å². The van der Waals surface area contributed by atoms with Crippen molar-refractivity contribution in [2.75, 3.05) is 12.4 Å². The molecule has 1 aliphatic carbocycles. The molecule has 112 valence electrons. The number of hydrogen-bond acceptors (Lipinski definition) is 2. The number of para-hydroxylation sites is 1. The second-order valence-electron chi connectivity index (χ2n) is 5.50. The van der Waals surface area contributed by atoms with Crippen molar-refractivity contribution in [2.24, 2.45) is 5.41 Å². The molecule has 1 aliphatic rings. The number of halogens is 3. The van der Waals surface area contributed by atoms with Gasteiger partial charge in [-0.1, -0.05) is 31.4 Å². The minimum absolute atomic E-state index is 0.0771. The van der Waals surface area contributed by atoms with Crippen LogP contribution in [0, 0.1) is 5.41 Å². The Morgan fingerprint density at radius 2 is 1.75 bits per heavy atom. The second-order valence-corrected chi connectivity index (χ2v) is 5.82. The van der Waals surface area contributed by atoms with Crippen LogP contribution in [0.5, 0.6) is 5.75 Å². The fourth-order valence-electron chi connectivity index (χ4n) is 2.71. The van der Waals surface area contributed by atoms with Gasteiger partial charge in [0.2, 0.25) is 0 Å². The van der Waals surface area contributed by atoms with Crippen LogP contribution >= 0.6 is 12.6 Å². The summed E-state index contributed by atoms with van der Waals surface area (Å²) >= 11 is 4.38. The Morgan fingerprint density at radius 1 is 1.10 bits per heavy atom. The van der Waals surface area contributed by atoms with Crippen LogP contribution in [-0.2, 0) is 6.18 Å². The first-order valence-corrected chi connectivity index (χ1v) is 7.50. The van der Waals surface area contributed by atoms with E-state index in [0.717, 1.165) is 31.7 Å². The Balaban J connectivity index is 2.10. The predicted octanol–water partition coefficient (Wildman–Crippen LogP) is 4.96. The van der Waals surface area contributed by atoms with Crippen LogP contribution in [0.4, 0.5) is 13.2 Å². The second kappa shape index (κ2) is 6.29. The van der Waals surface area contributed by atoms with Crippen molar-refractivity contribution in [3.63, 3.8) is 0 Å². The summed E-state index contributed by atoms with van der Waals surface area (Å²) in [6, 6.07) is 5.39. The lowest BCUT2D eigenvalue weighted by Crippen LogP contribution is -2.33. The standard InChI is InChI=1S/C15H19F3OS/c16-15(17,18)12-6-2-3-7-13(12)19-10-14(11-20)8-4-1-5-9-14/h2-3,6-7,20H,1,4-5,8-11H2. The summed E-state index contributed by atoms with van der Waals surface area (Å²) in [6.45, 7) is 0.309. The Labute approximate surface area is 122 Å². The van der Waals surface area contributed by atoms with Gasteiger partial charge in [-0.25, -0.2) is 0 Å². The smallest absolute Gasteiger partial charge is 0.419 e. The molecular weight excluding hydrogens is 285 g/mol. The van der Waals surface area contributed by atoms with E-state index >= 15 is 0 Å². The molecule has 0 amide bonds. The Kier molecular flexibility index (Phi) is 4.89. The van der Waals surface area contributed by atoms with Gasteiger partial charge in [0, 0.05) is 5.41 Å². The van der Waals surface area contributed by atoms with Crippen LogP contribution in [0.1, 0.15) is 37.7 Å². The highest BCUT2D eigenvalue weighted by Gasteiger charge is 2.36. The van der Waals surface area contributed by atoms with Gasteiger partial charge >= 0.3 is 6.18 Å². The van der Waals surface area contributed by atoms with Crippen LogP contribution < -0.4 is 4.74 Å². The molecule has 0 unspecified atom stereocenters. The maximum atomic E-state index is 12.9. The van der Waals surface area contributed by atoms with E-state index in [9.17, 15) is 13.2 Å². The summed E-state index contributed by atoms with van der Waals surface area (Å²) in [6.07, 6.45) is 0.969. The minimum atomic E-state index is -4.38. The Hall–Kier alpha value is -0.840. The first-order valence-electron chi connectivity index (χ1n) is 6.87. The number of hydrogen-bond donors (Lipinski definition) is 1. The molecule has 20 heavy (non-hydrogen) atoms. The van der Waals surface area contributed by atoms with E-state index in [1.807, 2.05) is 0 Å². The van der Waals surface area contributed by atoms with Gasteiger partial charge in [0.15, 0.2) is 0 Å². The molecule has 1 aromatic rings. The zero-order valence-corrected chi connectivity index (χ0v) is 12.1. The molecule has 0 aliphatic heterocycles. The fourth-order valence-corrected chi connectivity index (χ4v) is 3.11. The van der Waals surface area contributed by atoms with Gasteiger partial charge in [-0.15, -0.1) is 0 Å². The maximum absolute atomic E-state index is 12.9. The van der Waals surface area contributed by atoms with Crippen LogP contribution in [0.2, 0.25) is 0 Å².